The molecule has 0 aromatic heterocycles. The third kappa shape index (κ3) is 4.37. The molecular formula is C25H30BrNO2. The Bertz CT molecular complexity index is 839. The van der Waals surface area contributed by atoms with Crippen LogP contribution in [0.25, 0.3) is 0 Å². The average molecular weight is 456 g/mol. The van der Waals surface area contributed by atoms with Gasteiger partial charge in [-0.1, -0.05) is 64.8 Å². The average Bonchev–Trinajstić information content (AvgIpc) is 3.00. The summed E-state index contributed by atoms with van der Waals surface area (Å²) in [4.78, 5) is 15.3. The zero-order chi connectivity index (χ0) is 20.6. The monoisotopic (exact) mass is 455 g/mol. The van der Waals surface area contributed by atoms with E-state index >= 15 is 0 Å². The summed E-state index contributed by atoms with van der Waals surface area (Å²) in [6, 6.07) is 19.5. The minimum atomic E-state index is -0.487. The van der Waals surface area contributed by atoms with Gasteiger partial charge in [0.15, 0.2) is 0 Å². The molecule has 2 aliphatic rings. The van der Waals surface area contributed by atoms with E-state index in [1.807, 2.05) is 25.7 Å². The maximum atomic E-state index is 13.2. The van der Waals surface area contributed by atoms with E-state index in [0.29, 0.717) is 12.5 Å². The molecule has 3 nitrogen and oxygen atoms in total. The second-order valence-corrected chi connectivity index (χ2v) is 10.3. The van der Waals surface area contributed by atoms with Crippen molar-refractivity contribution in [1.29, 1.82) is 0 Å². The van der Waals surface area contributed by atoms with Gasteiger partial charge in [0.1, 0.15) is 5.60 Å². The molecule has 1 heterocycles. The fraction of sp³-hybridized carbons (Fsp3) is 0.480. The summed E-state index contributed by atoms with van der Waals surface area (Å²) in [5, 5.41) is 0. The molecule has 2 aromatic rings. The summed E-state index contributed by atoms with van der Waals surface area (Å²) >= 11 is 3.55. The lowest BCUT2D eigenvalue weighted by atomic mass is 9.70. The molecule has 1 amide bonds. The Labute approximate surface area is 182 Å². The van der Waals surface area contributed by atoms with Crippen LogP contribution in [0, 0.1) is 5.92 Å². The third-order valence-corrected chi connectivity index (χ3v) is 6.83. The fourth-order valence-electron chi connectivity index (χ4n) is 4.85. The molecule has 154 valence electrons. The SMILES string of the molecule is CC(C)(C)OC(=O)N1C[C@@H](c2ccc(Br)cc2)[C@H](c2ccccc2)C1C1CCC1. The van der Waals surface area contributed by atoms with Gasteiger partial charge in [-0.05, 0) is 62.8 Å². The van der Waals surface area contributed by atoms with Crippen LogP contribution in [0.1, 0.15) is 63.0 Å². The topological polar surface area (TPSA) is 29.5 Å². The van der Waals surface area contributed by atoms with Crippen molar-refractivity contribution in [3.63, 3.8) is 0 Å². The Hall–Kier alpha value is -1.81. The van der Waals surface area contributed by atoms with Crippen LogP contribution in [0.3, 0.4) is 0 Å². The first-order valence-electron chi connectivity index (χ1n) is 10.6. The van der Waals surface area contributed by atoms with E-state index < -0.39 is 5.60 Å². The summed E-state index contributed by atoms with van der Waals surface area (Å²) in [7, 11) is 0. The van der Waals surface area contributed by atoms with Crippen molar-refractivity contribution >= 4 is 22.0 Å². The van der Waals surface area contributed by atoms with Crippen LogP contribution in [0.15, 0.2) is 59.1 Å². The van der Waals surface area contributed by atoms with Crippen molar-refractivity contribution in [2.24, 2.45) is 5.92 Å². The summed E-state index contributed by atoms with van der Waals surface area (Å²) in [5.41, 5.74) is 2.12. The minimum absolute atomic E-state index is 0.171. The van der Waals surface area contributed by atoms with Gasteiger partial charge < -0.3 is 9.64 Å². The van der Waals surface area contributed by atoms with Crippen molar-refractivity contribution < 1.29 is 9.53 Å². The minimum Gasteiger partial charge on any atom is -0.444 e. The van der Waals surface area contributed by atoms with Crippen molar-refractivity contribution in [3.05, 3.63) is 70.2 Å². The normalized spacial score (nSPS) is 25.0. The van der Waals surface area contributed by atoms with Crippen molar-refractivity contribution in [2.75, 3.05) is 6.54 Å². The van der Waals surface area contributed by atoms with E-state index in [4.69, 9.17) is 4.74 Å². The second kappa shape index (κ2) is 8.14. The maximum Gasteiger partial charge on any atom is 0.410 e. The smallest absolute Gasteiger partial charge is 0.410 e. The number of likely N-dealkylation sites (tertiary alicyclic amines) is 1. The molecule has 1 saturated carbocycles. The number of amides is 1. The molecular weight excluding hydrogens is 426 g/mol. The summed E-state index contributed by atoms with van der Waals surface area (Å²) in [6.07, 6.45) is 3.48. The molecule has 0 radical (unpaired) electrons. The van der Waals surface area contributed by atoms with E-state index in [-0.39, 0.29) is 24.0 Å². The van der Waals surface area contributed by atoms with E-state index in [0.717, 1.165) is 4.47 Å². The highest BCUT2D eigenvalue weighted by Gasteiger charge is 2.50. The third-order valence-electron chi connectivity index (χ3n) is 6.30. The van der Waals surface area contributed by atoms with Gasteiger partial charge in [0.25, 0.3) is 0 Å². The highest BCUT2D eigenvalue weighted by molar-refractivity contribution is 9.10. The molecule has 29 heavy (non-hydrogen) atoms. The molecule has 4 rings (SSSR count). The van der Waals surface area contributed by atoms with Gasteiger partial charge in [-0.15, -0.1) is 0 Å². The number of rotatable bonds is 3. The fourth-order valence-corrected chi connectivity index (χ4v) is 5.12. The number of hydrogen-bond acceptors (Lipinski definition) is 2. The molecule has 0 bridgehead atoms. The molecule has 0 N–H and O–H groups in total. The Morgan fingerprint density at radius 3 is 2.21 bits per heavy atom. The molecule has 1 unspecified atom stereocenters. The van der Waals surface area contributed by atoms with Crippen LogP contribution in [0.5, 0.6) is 0 Å². The Kier molecular flexibility index (Phi) is 5.74. The van der Waals surface area contributed by atoms with Crippen molar-refractivity contribution in [2.45, 2.75) is 63.5 Å². The number of benzene rings is 2. The van der Waals surface area contributed by atoms with Crippen molar-refractivity contribution in [3.8, 4) is 0 Å². The number of nitrogens with zero attached hydrogens (tertiary/aromatic N) is 1. The first kappa shape index (κ1) is 20.5. The van der Waals surface area contributed by atoms with Crippen molar-refractivity contribution in [1.82, 2.24) is 4.90 Å². The molecule has 4 heteroatoms. The lowest BCUT2D eigenvalue weighted by Gasteiger charge is -2.40. The van der Waals surface area contributed by atoms with Crippen LogP contribution in [0.2, 0.25) is 0 Å². The van der Waals surface area contributed by atoms with Gasteiger partial charge in [-0.25, -0.2) is 4.79 Å². The van der Waals surface area contributed by atoms with Gasteiger partial charge in [0, 0.05) is 28.9 Å². The quantitative estimate of drug-likeness (QED) is 0.512. The van der Waals surface area contributed by atoms with Crippen LogP contribution < -0.4 is 0 Å². The molecule has 1 aliphatic carbocycles. The molecule has 3 atom stereocenters. The van der Waals surface area contributed by atoms with Gasteiger partial charge in [0.2, 0.25) is 0 Å². The van der Waals surface area contributed by atoms with E-state index in [2.05, 4.69) is 70.5 Å². The number of halogens is 1. The van der Waals surface area contributed by atoms with E-state index in [1.54, 1.807) is 0 Å². The summed E-state index contributed by atoms with van der Waals surface area (Å²) in [6.45, 7) is 6.54. The Balaban J connectivity index is 1.75. The first-order chi connectivity index (χ1) is 13.8. The largest absolute Gasteiger partial charge is 0.444 e. The number of hydrogen-bond donors (Lipinski definition) is 0. The lowest BCUT2D eigenvalue weighted by Crippen LogP contribution is -2.46. The standard InChI is InChI=1S/C25H30BrNO2/c1-25(2,3)29-24(28)27-16-21(17-12-14-20(26)15-13-17)22(18-8-5-4-6-9-18)23(27)19-10-7-11-19/h4-6,8-9,12-15,19,21-23H,7,10-11,16H2,1-3H3/t21-,22-,23?/m0/s1. The van der Waals surface area contributed by atoms with Gasteiger partial charge in [-0.2, -0.15) is 0 Å². The number of carbonyl (C=O) groups is 1. The first-order valence-corrected chi connectivity index (χ1v) is 11.4. The lowest BCUT2D eigenvalue weighted by molar-refractivity contribution is 0.0114. The van der Waals surface area contributed by atoms with E-state index in [9.17, 15) is 4.79 Å². The molecule has 1 aliphatic heterocycles. The zero-order valence-electron chi connectivity index (χ0n) is 17.5. The Morgan fingerprint density at radius 1 is 1.00 bits per heavy atom. The Morgan fingerprint density at radius 2 is 1.66 bits per heavy atom. The van der Waals surface area contributed by atoms with Crippen LogP contribution in [0.4, 0.5) is 4.79 Å². The summed E-state index contributed by atoms with van der Waals surface area (Å²) < 4.78 is 6.92. The van der Waals surface area contributed by atoms with E-state index in [1.165, 1.54) is 30.4 Å². The molecule has 2 aromatic carbocycles. The second-order valence-electron chi connectivity index (χ2n) is 9.41. The van der Waals surface area contributed by atoms with Gasteiger partial charge in [0.05, 0.1) is 0 Å². The van der Waals surface area contributed by atoms with Crippen LogP contribution in [-0.4, -0.2) is 29.2 Å². The maximum absolute atomic E-state index is 13.2. The van der Waals surface area contributed by atoms with Crippen LogP contribution >= 0.6 is 15.9 Å². The predicted molar refractivity (Wildman–Crippen MR) is 120 cm³/mol. The van der Waals surface area contributed by atoms with Crippen LogP contribution in [-0.2, 0) is 4.74 Å². The molecule has 0 spiro atoms. The zero-order valence-corrected chi connectivity index (χ0v) is 19.1. The molecule has 2 fully saturated rings. The number of carbonyl (C=O) groups excluding carboxylic acids is 1. The molecule has 1 saturated heterocycles. The number of ether oxygens (including phenoxy) is 1. The highest BCUT2D eigenvalue weighted by Crippen LogP contribution is 2.51. The summed E-state index contributed by atoms with van der Waals surface area (Å²) in [5.74, 6) is 1.10. The van der Waals surface area contributed by atoms with Gasteiger partial charge in [-0.3, -0.25) is 0 Å². The predicted octanol–water partition coefficient (Wildman–Crippen LogP) is 6.74. The van der Waals surface area contributed by atoms with Gasteiger partial charge >= 0.3 is 6.09 Å². The highest BCUT2D eigenvalue weighted by atomic mass is 79.9.